The van der Waals surface area contributed by atoms with Gasteiger partial charge in [0, 0.05) is 0 Å². The molecule has 0 heterocycles. The van der Waals surface area contributed by atoms with E-state index in [-0.39, 0.29) is 0 Å². The van der Waals surface area contributed by atoms with Crippen LogP contribution in [0.25, 0.3) is 12.2 Å². The molecule has 0 saturated carbocycles. The fourth-order valence-electron chi connectivity index (χ4n) is 1.86. The first kappa shape index (κ1) is 17.2. The van der Waals surface area contributed by atoms with Gasteiger partial charge in [-0.3, -0.25) is 0 Å². The maximum Gasteiger partial charge on any atom is 0.0853 e. The van der Waals surface area contributed by atoms with Crippen molar-refractivity contribution in [2.75, 3.05) is 13.1 Å². The van der Waals surface area contributed by atoms with Crippen LogP contribution in [-0.4, -0.2) is 13.1 Å². The maximum atomic E-state index is 4.10. The maximum absolute atomic E-state index is 4.10. The summed E-state index contributed by atoms with van der Waals surface area (Å²) in [6, 6.07) is 15.8. The van der Waals surface area contributed by atoms with Crippen molar-refractivity contribution in [3.05, 3.63) is 85.0 Å². The summed E-state index contributed by atoms with van der Waals surface area (Å²) >= 11 is 0. The quantitative estimate of drug-likeness (QED) is 0.307. The molecule has 0 radical (unpaired) electrons. The Kier molecular flexibility index (Phi) is 7.02. The third kappa shape index (κ3) is 5.93. The zero-order valence-corrected chi connectivity index (χ0v) is 13.5. The van der Waals surface area contributed by atoms with Gasteiger partial charge in [0.15, 0.2) is 0 Å². The molecule has 0 spiro atoms. The van der Waals surface area contributed by atoms with Crippen LogP contribution < -0.4 is 0 Å². The van der Waals surface area contributed by atoms with Crippen molar-refractivity contribution < 1.29 is 0 Å². The Hall–Kier alpha value is -3.14. The zero-order valence-electron chi connectivity index (χ0n) is 13.5. The third-order valence-electron chi connectivity index (χ3n) is 3.05. The highest BCUT2D eigenvalue weighted by molar-refractivity contribution is 5.70. The molecule has 0 saturated heterocycles. The summed E-state index contributed by atoms with van der Waals surface area (Å²) in [6.45, 7) is 8.28. The summed E-state index contributed by atoms with van der Waals surface area (Å²) in [5.41, 5.74) is 3.88. The molecule has 0 aliphatic heterocycles. The molecule has 24 heavy (non-hydrogen) atoms. The molecule has 0 fully saturated rings. The molecule has 0 aliphatic rings. The number of azo groups is 2. The van der Waals surface area contributed by atoms with E-state index in [1.54, 1.807) is 12.2 Å². The molecule has 0 aromatic heterocycles. The largest absolute Gasteiger partial charge is 0.185 e. The van der Waals surface area contributed by atoms with Crippen LogP contribution in [0, 0.1) is 0 Å². The Morgan fingerprint density at radius 3 is 1.33 bits per heavy atom. The minimum Gasteiger partial charge on any atom is -0.185 e. The summed E-state index contributed by atoms with van der Waals surface area (Å²) in [4.78, 5) is 0. The summed E-state index contributed by atoms with van der Waals surface area (Å²) < 4.78 is 0. The molecule has 4 heteroatoms. The Bertz CT molecular complexity index is 673. The van der Waals surface area contributed by atoms with Crippen molar-refractivity contribution >= 4 is 23.5 Å². The lowest BCUT2D eigenvalue weighted by Gasteiger charge is -1.97. The van der Waals surface area contributed by atoms with Crippen molar-refractivity contribution in [2.24, 2.45) is 20.5 Å². The molecule has 2 aromatic carbocycles. The second-order valence-electron chi connectivity index (χ2n) is 4.94. The van der Waals surface area contributed by atoms with Crippen LogP contribution in [0.4, 0.5) is 11.4 Å². The predicted molar refractivity (Wildman–Crippen MR) is 101 cm³/mol. The van der Waals surface area contributed by atoms with E-state index < -0.39 is 0 Å². The van der Waals surface area contributed by atoms with Gasteiger partial charge in [0.05, 0.1) is 24.5 Å². The molecule has 0 N–H and O–H groups in total. The highest BCUT2D eigenvalue weighted by Gasteiger charge is 1.92. The second-order valence-corrected chi connectivity index (χ2v) is 4.94. The minimum atomic E-state index is 0.533. The van der Waals surface area contributed by atoms with Crippen LogP contribution in [0.2, 0.25) is 0 Å². The molecule has 0 amide bonds. The van der Waals surface area contributed by atoms with Gasteiger partial charge in [-0.15, -0.1) is 13.2 Å². The number of rotatable bonds is 8. The van der Waals surface area contributed by atoms with Crippen molar-refractivity contribution in [1.29, 1.82) is 0 Å². The van der Waals surface area contributed by atoms with E-state index in [2.05, 4.69) is 45.8 Å². The molecule has 120 valence electrons. The average Bonchev–Trinajstić information content (AvgIpc) is 2.63. The molecular formula is C20H20N4. The van der Waals surface area contributed by atoms with Gasteiger partial charge in [-0.1, -0.05) is 48.6 Å². The summed E-state index contributed by atoms with van der Waals surface area (Å²) in [5.74, 6) is 0. The van der Waals surface area contributed by atoms with Crippen molar-refractivity contribution in [3.63, 3.8) is 0 Å². The molecule has 0 bridgehead atoms. The monoisotopic (exact) mass is 316 g/mol. The van der Waals surface area contributed by atoms with Gasteiger partial charge in [0.25, 0.3) is 0 Å². The van der Waals surface area contributed by atoms with E-state index in [1.165, 1.54) is 0 Å². The fraction of sp³-hybridized carbons (Fsp3) is 0.100. The van der Waals surface area contributed by atoms with E-state index in [4.69, 9.17) is 0 Å². The van der Waals surface area contributed by atoms with E-state index in [9.17, 15) is 0 Å². The van der Waals surface area contributed by atoms with Crippen LogP contribution in [0.3, 0.4) is 0 Å². The van der Waals surface area contributed by atoms with E-state index in [1.807, 2.05) is 48.5 Å². The normalized spacial score (nSPS) is 11.5. The number of hydrogen-bond acceptors (Lipinski definition) is 4. The Morgan fingerprint density at radius 1 is 0.625 bits per heavy atom. The van der Waals surface area contributed by atoms with Crippen molar-refractivity contribution in [2.45, 2.75) is 0 Å². The fourth-order valence-corrected chi connectivity index (χ4v) is 1.86. The van der Waals surface area contributed by atoms with Crippen LogP contribution in [0.15, 0.2) is 94.3 Å². The molecule has 2 rings (SSSR count). The summed E-state index contributed by atoms with van der Waals surface area (Å²) in [6.07, 6.45) is 7.54. The Balaban J connectivity index is 1.97. The van der Waals surface area contributed by atoms with Gasteiger partial charge in [-0.2, -0.15) is 20.5 Å². The Morgan fingerprint density at radius 2 is 1.00 bits per heavy atom. The summed E-state index contributed by atoms with van der Waals surface area (Å²) in [5, 5.41) is 16.2. The first-order valence-electron chi connectivity index (χ1n) is 7.67. The Labute approximate surface area is 142 Å². The molecule has 0 aliphatic carbocycles. The SMILES string of the molecule is C=CCN=Nc1ccc(C=Cc2ccc(N=NCC=C)cc2)cc1. The lowest BCUT2D eigenvalue weighted by atomic mass is 10.1. The second kappa shape index (κ2) is 9.79. The van der Waals surface area contributed by atoms with Gasteiger partial charge < -0.3 is 0 Å². The molecule has 4 nitrogen and oxygen atoms in total. The lowest BCUT2D eigenvalue weighted by Crippen LogP contribution is -1.74. The number of benzene rings is 2. The topological polar surface area (TPSA) is 49.4 Å². The number of hydrogen-bond donors (Lipinski definition) is 0. The first-order valence-corrected chi connectivity index (χ1v) is 7.67. The minimum absolute atomic E-state index is 0.533. The highest BCUT2D eigenvalue weighted by Crippen LogP contribution is 2.17. The van der Waals surface area contributed by atoms with Gasteiger partial charge in [0.2, 0.25) is 0 Å². The van der Waals surface area contributed by atoms with E-state index in [0.717, 1.165) is 22.5 Å². The molecule has 2 aromatic rings. The van der Waals surface area contributed by atoms with Crippen molar-refractivity contribution in [1.82, 2.24) is 0 Å². The van der Waals surface area contributed by atoms with Crippen LogP contribution >= 0.6 is 0 Å². The van der Waals surface area contributed by atoms with E-state index in [0.29, 0.717) is 13.1 Å². The van der Waals surface area contributed by atoms with E-state index >= 15 is 0 Å². The van der Waals surface area contributed by atoms with Crippen LogP contribution in [-0.2, 0) is 0 Å². The summed E-state index contributed by atoms with van der Waals surface area (Å²) in [7, 11) is 0. The third-order valence-corrected chi connectivity index (χ3v) is 3.05. The smallest absolute Gasteiger partial charge is 0.0853 e. The highest BCUT2D eigenvalue weighted by atomic mass is 15.1. The number of nitrogens with zero attached hydrogens (tertiary/aromatic N) is 4. The lowest BCUT2D eigenvalue weighted by molar-refractivity contribution is 1.07. The predicted octanol–water partition coefficient (Wildman–Crippen LogP) is 6.40. The van der Waals surface area contributed by atoms with Gasteiger partial charge in [-0.25, -0.2) is 0 Å². The zero-order chi connectivity index (χ0) is 17.0. The standard InChI is InChI=1S/C20H20N4/c1-3-15-21-23-19-11-7-17(8-12-19)5-6-18-9-13-20(14-10-18)24-22-16-4-2/h3-14H,1-2,15-16H2. The molecule has 0 unspecified atom stereocenters. The average molecular weight is 316 g/mol. The van der Waals surface area contributed by atoms with Crippen LogP contribution in [0.1, 0.15) is 11.1 Å². The first-order chi connectivity index (χ1) is 11.8. The van der Waals surface area contributed by atoms with Gasteiger partial charge in [-0.05, 0) is 35.4 Å². The van der Waals surface area contributed by atoms with Crippen LogP contribution in [0.5, 0.6) is 0 Å². The van der Waals surface area contributed by atoms with Gasteiger partial charge >= 0.3 is 0 Å². The van der Waals surface area contributed by atoms with Crippen molar-refractivity contribution in [3.8, 4) is 0 Å². The molecule has 0 atom stereocenters. The molecular weight excluding hydrogens is 296 g/mol. The van der Waals surface area contributed by atoms with Gasteiger partial charge in [0.1, 0.15) is 0 Å².